The Balaban J connectivity index is 2.03. The zero-order valence-corrected chi connectivity index (χ0v) is 13.9. The van der Waals surface area contributed by atoms with Crippen molar-refractivity contribution in [1.29, 1.82) is 0 Å². The van der Waals surface area contributed by atoms with Gasteiger partial charge in [0.15, 0.2) is 0 Å². The molecule has 2 fully saturated rings. The second-order valence-corrected chi connectivity index (χ2v) is 8.73. The fraction of sp³-hybridized carbons (Fsp3) is 0.857. The van der Waals surface area contributed by atoms with Gasteiger partial charge in [-0.05, 0) is 33.1 Å². The Hall–Kier alpha value is -1.15. The number of hydrogen-bond donors (Lipinski definition) is 1. The SMILES string of the molecule is CCS(=O)(=O)N1CCCC(C(=O)N2CCC(C)(C(=O)O)C2)C1. The lowest BCUT2D eigenvalue weighted by molar-refractivity contribution is -0.147. The van der Waals surface area contributed by atoms with Crippen molar-refractivity contribution in [2.45, 2.75) is 33.1 Å². The largest absolute Gasteiger partial charge is 0.481 e. The van der Waals surface area contributed by atoms with E-state index >= 15 is 0 Å². The van der Waals surface area contributed by atoms with Crippen molar-refractivity contribution in [3.05, 3.63) is 0 Å². The maximum Gasteiger partial charge on any atom is 0.311 e. The summed E-state index contributed by atoms with van der Waals surface area (Å²) in [6.45, 7) is 4.57. The molecule has 0 aliphatic carbocycles. The average molecular weight is 332 g/mol. The van der Waals surface area contributed by atoms with Gasteiger partial charge in [-0.3, -0.25) is 9.59 Å². The van der Waals surface area contributed by atoms with E-state index in [9.17, 15) is 23.1 Å². The molecule has 2 unspecified atom stereocenters. The summed E-state index contributed by atoms with van der Waals surface area (Å²) >= 11 is 0. The first-order valence-corrected chi connectivity index (χ1v) is 9.30. The van der Waals surface area contributed by atoms with Crippen LogP contribution in [-0.4, -0.2) is 66.5 Å². The molecule has 1 N–H and O–H groups in total. The highest BCUT2D eigenvalue weighted by Gasteiger charge is 2.44. The number of piperidine rings is 1. The molecule has 0 saturated carbocycles. The molecule has 0 aromatic heterocycles. The molecule has 0 spiro atoms. The molecular weight excluding hydrogens is 308 g/mol. The molecule has 2 rings (SSSR count). The van der Waals surface area contributed by atoms with Gasteiger partial charge in [0.1, 0.15) is 0 Å². The number of nitrogens with zero attached hydrogens (tertiary/aromatic N) is 2. The predicted molar refractivity (Wildman–Crippen MR) is 80.7 cm³/mol. The molecule has 7 nitrogen and oxygen atoms in total. The Morgan fingerprint density at radius 2 is 2.00 bits per heavy atom. The maximum absolute atomic E-state index is 12.6. The lowest BCUT2D eigenvalue weighted by Gasteiger charge is -2.33. The van der Waals surface area contributed by atoms with Gasteiger partial charge in [-0.1, -0.05) is 0 Å². The van der Waals surface area contributed by atoms with Crippen LogP contribution in [0.1, 0.15) is 33.1 Å². The Morgan fingerprint density at radius 3 is 2.55 bits per heavy atom. The highest BCUT2D eigenvalue weighted by Crippen LogP contribution is 2.32. The minimum Gasteiger partial charge on any atom is -0.481 e. The standard InChI is InChI=1S/C14H24N2O5S/c1-3-22(20,21)16-7-4-5-11(9-16)12(17)15-8-6-14(2,10-15)13(18)19/h11H,3-10H2,1-2H3,(H,18,19). The van der Waals surface area contributed by atoms with Gasteiger partial charge in [-0.15, -0.1) is 0 Å². The fourth-order valence-corrected chi connectivity index (χ4v) is 4.34. The Kier molecular flexibility index (Phi) is 4.81. The number of likely N-dealkylation sites (tertiary alicyclic amines) is 1. The van der Waals surface area contributed by atoms with Crippen LogP contribution < -0.4 is 0 Å². The van der Waals surface area contributed by atoms with Crippen molar-refractivity contribution in [3.63, 3.8) is 0 Å². The number of aliphatic carboxylic acids is 1. The van der Waals surface area contributed by atoms with Crippen LogP contribution in [0.5, 0.6) is 0 Å². The third-order valence-electron chi connectivity index (χ3n) is 4.79. The normalized spacial score (nSPS) is 30.5. The molecule has 22 heavy (non-hydrogen) atoms. The van der Waals surface area contributed by atoms with Crippen LogP contribution >= 0.6 is 0 Å². The van der Waals surface area contributed by atoms with Gasteiger partial charge in [-0.2, -0.15) is 0 Å². The summed E-state index contributed by atoms with van der Waals surface area (Å²) in [7, 11) is -3.28. The Bertz CT molecular complexity index is 562. The second-order valence-electron chi connectivity index (χ2n) is 6.47. The topological polar surface area (TPSA) is 95.0 Å². The van der Waals surface area contributed by atoms with Crippen molar-refractivity contribution in [1.82, 2.24) is 9.21 Å². The van der Waals surface area contributed by atoms with E-state index in [-0.39, 0.29) is 30.7 Å². The molecule has 0 bridgehead atoms. The predicted octanol–water partition coefficient (Wildman–Crippen LogP) is 0.371. The molecule has 2 saturated heterocycles. The molecule has 2 aliphatic rings. The van der Waals surface area contributed by atoms with Crippen molar-refractivity contribution >= 4 is 21.9 Å². The van der Waals surface area contributed by atoms with Gasteiger partial charge in [0.25, 0.3) is 0 Å². The van der Waals surface area contributed by atoms with Crippen LogP contribution in [0.2, 0.25) is 0 Å². The van der Waals surface area contributed by atoms with Crippen LogP contribution in [0.4, 0.5) is 0 Å². The van der Waals surface area contributed by atoms with E-state index in [1.165, 1.54) is 4.31 Å². The molecule has 0 aromatic carbocycles. The third-order valence-corrected chi connectivity index (χ3v) is 6.64. The number of carbonyl (C=O) groups excluding carboxylic acids is 1. The Labute approximate surface area is 131 Å². The molecule has 2 atom stereocenters. The number of amides is 1. The van der Waals surface area contributed by atoms with Gasteiger partial charge in [-0.25, -0.2) is 12.7 Å². The molecule has 126 valence electrons. The van der Waals surface area contributed by atoms with Gasteiger partial charge in [0, 0.05) is 26.2 Å². The number of rotatable bonds is 4. The quantitative estimate of drug-likeness (QED) is 0.802. The van der Waals surface area contributed by atoms with E-state index in [2.05, 4.69) is 0 Å². The number of carbonyl (C=O) groups is 2. The van der Waals surface area contributed by atoms with Gasteiger partial charge in [0.2, 0.25) is 15.9 Å². The summed E-state index contributed by atoms with van der Waals surface area (Å²) in [5.41, 5.74) is -0.889. The molecule has 0 radical (unpaired) electrons. The van der Waals surface area contributed by atoms with E-state index in [4.69, 9.17) is 0 Å². The van der Waals surface area contributed by atoms with E-state index in [1.54, 1.807) is 18.7 Å². The molecular formula is C14H24N2O5S. The molecule has 1 amide bonds. The van der Waals surface area contributed by atoms with E-state index in [0.717, 1.165) is 0 Å². The van der Waals surface area contributed by atoms with Crippen molar-refractivity contribution in [2.75, 3.05) is 31.9 Å². The van der Waals surface area contributed by atoms with Gasteiger partial charge < -0.3 is 10.0 Å². The van der Waals surface area contributed by atoms with Crippen LogP contribution in [0, 0.1) is 11.3 Å². The maximum atomic E-state index is 12.6. The first kappa shape index (κ1) is 17.2. The first-order chi connectivity index (χ1) is 10.2. The van der Waals surface area contributed by atoms with Crippen LogP contribution in [-0.2, 0) is 19.6 Å². The number of carboxylic acids is 1. The zero-order chi connectivity index (χ0) is 16.5. The Morgan fingerprint density at radius 1 is 1.32 bits per heavy atom. The number of carboxylic acid groups (broad SMARTS) is 1. The van der Waals surface area contributed by atoms with Gasteiger partial charge >= 0.3 is 5.97 Å². The molecule has 0 aromatic rings. The minimum atomic E-state index is -3.28. The smallest absolute Gasteiger partial charge is 0.311 e. The van der Waals surface area contributed by atoms with Gasteiger partial charge in [0.05, 0.1) is 17.1 Å². The summed E-state index contributed by atoms with van der Waals surface area (Å²) in [6, 6.07) is 0. The van der Waals surface area contributed by atoms with Crippen molar-refractivity contribution in [2.24, 2.45) is 11.3 Å². The average Bonchev–Trinajstić information content (AvgIpc) is 2.90. The summed E-state index contributed by atoms with van der Waals surface area (Å²) < 4.78 is 25.3. The molecule has 2 heterocycles. The van der Waals surface area contributed by atoms with Crippen LogP contribution in [0.3, 0.4) is 0 Å². The van der Waals surface area contributed by atoms with Crippen molar-refractivity contribution in [3.8, 4) is 0 Å². The van der Waals surface area contributed by atoms with E-state index < -0.39 is 21.4 Å². The number of sulfonamides is 1. The molecule has 8 heteroatoms. The third kappa shape index (κ3) is 3.27. The summed E-state index contributed by atoms with van der Waals surface area (Å²) in [4.78, 5) is 25.4. The van der Waals surface area contributed by atoms with Crippen LogP contribution in [0.15, 0.2) is 0 Å². The monoisotopic (exact) mass is 332 g/mol. The summed E-state index contributed by atoms with van der Waals surface area (Å²) in [5.74, 6) is -1.32. The zero-order valence-electron chi connectivity index (χ0n) is 13.1. The summed E-state index contributed by atoms with van der Waals surface area (Å²) in [6.07, 6.45) is 1.77. The lowest BCUT2D eigenvalue weighted by Crippen LogP contribution is -2.47. The second kappa shape index (κ2) is 6.16. The first-order valence-electron chi connectivity index (χ1n) is 7.69. The van der Waals surface area contributed by atoms with E-state index in [0.29, 0.717) is 32.4 Å². The van der Waals surface area contributed by atoms with Crippen LogP contribution in [0.25, 0.3) is 0 Å². The van der Waals surface area contributed by atoms with E-state index in [1.807, 2.05) is 0 Å². The highest BCUT2D eigenvalue weighted by molar-refractivity contribution is 7.89. The van der Waals surface area contributed by atoms with Crippen molar-refractivity contribution < 1.29 is 23.1 Å². The molecule has 2 aliphatic heterocycles. The summed E-state index contributed by atoms with van der Waals surface area (Å²) in [5, 5.41) is 9.24. The minimum absolute atomic E-state index is 0.0364. The highest BCUT2D eigenvalue weighted by atomic mass is 32.2. The number of hydrogen-bond acceptors (Lipinski definition) is 4. The fourth-order valence-electron chi connectivity index (χ4n) is 3.16. The lowest BCUT2D eigenvalue weighted by atomic mass is 9.90.